The van der Waals surface area contributed by atoms with Crippen LogP contribution in [-0.2, 0) is 10.3 Å². The first-order chi connectivity index (χ1) is 9.65. The Hall–Kier alpha value is -1.64. The number of halogens is 3. The fourth-order valence-corrected chi connectivity index (χ4v) is 2.53. The van der Waals surface area contributed by atoms with Crippen LogP contribution in [0.25, 0.3) is 0 Å². The Kier molecular flexibility index (Phi) is 3.96. The summed E-state index contributed by atoms with van der Waals surface area (Å²) >= 11 is 0. The van der Waals surface area contributed by atoms with E-state index < -0.39 is 17.6 Å². The Bertz CT molecular complexity index is 517. The molecule has 9 heteroatoms. The Morgan fingerprint density at radius 3 is 2.43 bits per heavy atom. The van der Waals surface area contributed by atoms with Gasteiger partial charge in [0.15, 0.2) is 0 Å². The quantitative estimate of drug-likeness (QED) is 0.890. The first-order valence-electron chi connectivity index (χ1n) is 6.71. The SMILES string of the molecule is CC(C)n1nncc1C1(N)CCN(C(=O)C(F)(F)F)CC1. The van der Waals surface area contributed by atoms with Crippen molar-refractivity contribution in [3.8, 4) is 0 Å². The standard InChI is InChI=1S/C12H18F3N5O/c1-8(2)20-9(7-17-18-20)11(16)3-5-19(6-4-11)10(21)12(13,14)15/h7-8H,3-6,16H2,1-2H3. The van der Waals surface area contributed by atoms with Crippen molar-refractivity contribution in [1.29, 1.82) is 0 Å². The summed E-state index contributed by atoms with van der Waals surface area (Å²) in [7, 11) is 0. The van der Waals surface area contributed by atoms with Crippen molar-refractivity contribution in [2.24, 2.45) is 5.73 Å². The first-order valence-corrected chi connectivity index (χ1v) is 6.71. The maximum absolute atomic E-state index is 12.4. The number of rotatable bonds is 2. The van der Waals surface area contributed by atoms with Gasteiger partial charge >= 0.3 is 12.1 Å². The van der Waals surface area contributed by atoms with Gasteiger partial charge in [0.05, 0.1) is 17.4 Å². The molecule has 1 aliphatic rings. The van der Waals surface area contributed by atoms with Gasteiger partial charge in [-0.25, -0.2) is 4.68 Å². The maximum Gasteiger partial charge on any atom is 0.471 e. The molecule has 1 saturated heterocycles. The van der Waals surface area contributed by atoms with Gasteiger partial charge in [0.2, 0.25) is 0 Å². The molecule has 0 unspecified atom stereocenters. The van der Waals surface area contributed by atoms with Crippen LogP contribution in [0.1, 0.15) is 38.4 Å². The number of piperidine rings is 1. The topological polar surface area (TPSA) is 77.0 Å². The summed E-state index contributed by atoms with van der Waals surface area (Å²) in [6.07, 6.45) is -2.80. The lowest BCUT2D eigenvalue weighted by molar-refractivity contribution is -0.187. The molecule has 1 fully saturated rings. The van der Waals surface area contributed by atoms with Gasteiger partial charge in [-0.2, -0.15) is 13.2 Å². The minimum absolute atomic E-state index is 0.0296. The highest BCUT2D eigenvalue weighted by molar-refractivity contribution is 5.81. The molecule has 0 radical (unpaired) electrons. The normalized spacial score (nSPS) is 19.1. The number of likely N-dealkylation sites (tertiary alicyclic amines) is 1. The number of carbonyl (C=O) groups is 1. The average Bonchev–Trinajstić information content (AvgIpc) is 2.88. The summed E-state index contributed by atoms with van der Waals surface area (Å²) in [4.78, 5) is 12.0. The summed E-state index contributed by atoms with van der Waals surface area (Å²) in [5.74, 6) is -1.81. The molecule has 1 aliphatic heterocycles. The van der Waals surface area contributed by atoms with Gasteiger partial charge in [0, 0.05) is 19.1 Å². The zero-order valence-electron chi connectivity index (χ0n) is 11.9. The summed E-state index contributed by atoms with van der Waals surface area (Å²) in [5.41, 5.74) is 6.20. The summed E-state index contributed by atoms with van der Waals surface area (Å²) in [6.45, 7) is 3.78. The van der Waals surface area contributed by atoms with Crippen molar-refractivity contribution in [3.63, 3.8) is 0 Å². The van der Waals surface area contributed by atoms with Crippen molar-refractivity contribution >= 4 is 5.91 Å². The Balaban J connectivity index is 2.12. The van der Waals surface area contributed by atoms with Crippen molar-refractivity contribution < 1.29 is 18.0 Å². The molecule has 1 aromatic rings. The fourth-order valence-electron chi connectivity index (χ4n) is 2.53. The number of alkyl halides is 3. The smallest absolute Gasteiger partial charge is 0.335 e. The maximum atomic E-state index is 12.4. The van der Waals surface area contributed by atoms with E-state index in [2.05, 4.69) is 10.3 Å². The molecule has 1 amide bonds. The number of amides is 1. The van der Waals surface area contributed by atoms with E-state index in [-0.39, 0.29) is 32.0 Å². The number of carbonyl (C=O) groups excluding carboxylic acids is 1. The highest BCUT2D eigenvalue weighted by Gasteiger charge is 2.45. The molecular formula is C12H18F3N5O. The second-order valence-corrected chi connectivity index (χ2v) is 5.60. The van der Waals surface area contributed by atoms with Gasteiger partial charge in [0.25, 0.3) is 0 Å². The second kappa shape index (κ2) is 5.28. The van der Waals surface area contributed by atoms with E-state index in [0.29, 0.717) is 5.69 Å². The monoisotopic (exact) mass is 305 g/mol. The van der Waals surface area contributed by atoms with E-state index in [9.17, 15) is 18.0 Å². The average molecular weight is 305 g/mol. The Morgan fingerprint density at radius 2 is 1.95 bits per heavy atom. The molecule has 0 aliphatic carbocycles. The number of hydrogen-bond donors (Lipinski definition) is 1. The number of hydrogen-bond acceptors (Lipinski definition) is 4. The third-order valence-electron chi connectivity index (χ3n) is 3.76. The number of nitrogens with zero attached hydrogens (tertiary/aromatic N) is 4. The second-order valence-electron chi connectivity index (χ2n) is 5.60. The van der Waals surface area contributed by atoms with Crippen LogP contribution in [0.5, 0.6) is 0 Å². The minimum Gasteiger partial charge on any atom is -0.335 e. The van der Waals surface area contributed by atoms with E-state index in [1.54, 1.807) is 10.9 Å². The van der Waals surface area contributed by atoms with Crippen LogP contribution in [0.2, 0.25) is 0 Å². The number of aromatic nitrogens is 3. The molecule has 0 aromatic carbocycles. The molecule has 1 aromatic heterocycles. The molecule has 2 heterocycles. The van der Waals surface area contributed by atoms with Crippen LogP contribution in [-0.4, -0.2) is 45.1 Å². The lowest BCUT2D eigenvalue weighted by Gasteiger charge is -2.39. The van der Waals surface area contributed by atoms with Gasteiger partial charge in [0.1, 0.15) is 0 Å². The van der Waals surface area contributed by atoms with E-state index in [4.69, 9.17) is 5.73 Å². The Morgan fingerprint density at radius 1 is 1.38 bits per heavy atom. The zero-order chi connectivity index (χ0) is 15.8. The summed E-state index contributed by atoms with van der Waals surface area (Å²) < 4.78 is 38.9. The lowest BCUT2D eigenvalue weighted by Crippen LogP contribution is -2.53. The molecule has 6 nitrogen and oxygen atoms in total. The largest absolute Gasteiger partial charge is 0.471 e. The molecule has 0 spiro atoms. The molecule has 2 rings (SSSR count). The molecule has 0 bridgehead atoms. The molecule has 2 N–H and O–H groups in total. The molecule has 21 heavy (non-hydrogen) atoms. The third kappa shape index (κ3) is 3.02. The highest BCUT2D eigenvalue weighted by atomic mass is 19.4. The summed E-state index contributed by atoms with van der Waals surface area (Å²) in [6, 6.07) is 0.0535. The van der Waals surface area contributed by atoms with Gasteiger partial charge in [-0.15, -0.1) is 5.10 Å². The van der Waals surface area contributed by atoms with E-state index >= 15 is 0 Å². The van der Waals surface area contributed by atoms with Crippen LogP contribution in [0.3, 0.4) is 0 Å². The molecule has 118 valence electrons. The van der Waals surface area contributed by atoms with Crippen molar-refractivity contribution in [3.05, 3.63) is 11.9 Å². The minimum atomic E-state index is -4.84. The fraction of sp³-hybridized carbons (Fsp3) is 0.750. The van der Waals surface area contributed by atoms with E-state index in [0.717, 1.165) is 4.90 Å². The number of nitrogens with two attached hydrogens (primary N) is 1. The van der Waals surface area contributed by atoms with Crippen LogP contribution in [0, 0.1) is 0 Å². The molecular weight excluding hydrogens is 287 g/mol. The Labute approximate surface area is 120 Å². The predicted molar refractivity (Wildman–Crippen MR) is 68.1 cm³/mol. The molecule has 0 atom stereocenters. The van der Waals surface area contributed by atoms with Crippen LogP contribution in [0.15, 0.2) is 6.20 Å². The van der Waals surface area contributed by atoms with Crippen LogP contribution < -0.4 is 5.73 Å². The van der Waals surface area contributed by atoms with Gasteiger partial charge < -0.3 is 10.6 Å². The van der Waals surface area contributed by atoms with E-state index in [1.807, 2.05) is 13.8 Å². The van der Waals surface area contributed by atoms with Crippen LogP contribution >= 0.6 is 0 Å². The van der Waals surface area contributed by atoms with Crippen LogP contribution in [0.4, 0.5) is 13.2 Å². The zero-order valence-corrected chi connectivity index (χ0v) is 11.9. The van der Waals surface area contributed by atoms with Gasteiger partial charge in [-0.1, -0.05) is 5.21 Å². The van der Waals surface area contributed by atoms with Gasteiger partial charge in [-0.05, 0) is 26.7 Å². The van der Waals surface area contributed by atoms with Crippen molar-refractivity contribution in [2.75, 3.05) is 13.1 Å². The third-order valence-corrected chi connectivity index (χ3v) is 3.76. The lowest BCUT2D eigenvalue weighted by atomic mass is 9.85. The first kappa shape index (κ1) is 15.7. The van der Waals surface area contributed by atoms with Gasteiger partial charge in [-0.3, -0.25) is 4.79 Å². The van der Waals surface area contributed by atoms with Crippen molar-refractivity contribution in [1.82, 2.24) is 19.9 Å². The van der Waals surface area contributed by atoms with E-state index in [1.165, 1.54) is 0 Å². The predicted octanol–water partition coefficient (Wildman–Crippen LogP) is 1.20. The highest BCUT2D eigenvalue weighted by Crippen LogP contribution is 2.32. The molecule has 0 saturated carbocycles. The van der Waals surface area contributed by atoms with Crippen molar-refractivity contribution in [2.45, 2.75) is 44.4 Å². The summed E-state index contributed by atoms with van der Waals surface area (Å²) in [5, 5.41) is 7.79.